The van der Waals surface area contributed by atoms with Gasteiger partial charge in [0.2, 0.25) is 10.0 Å². The second-order valence-electron chi connectivity index (χ2n) is 5.21. The number of nitrogens with one attached hydrogen (secondary N) is 1. The zero-order valence-electron chi connectivity index (χ0n) is 13.7. The van der Waals surface area contributed by atoms with Crippen molar-refractivity contribution in [2.24, 2.45) is 5.73 Å². The lowest BCUT2D eigenvalue weighted by atomic mass is 10.2. The average molecular weight is 376 g/mol. The Morgan fingerprint density at radius 2 is 1.92 bits per heavy atom. The molecule has 0 heterocycles. The number of amides is 1. The molecule has 3 N–H and O–H groups in total. The van der Waals surface area contributed by atoms with Crippen LogP contribution in [0.4, 0.5) is 4.39 Å². The molecule has 0 aromatic heterocycles. The van der Waals surface area contributed by atoms with Crippen LogP contribution >= 0.6 is 0 Å². The van der Waals surface area contributed by atoms with Gasteiger partial charge in [-0.05, 0) is 29.8 Å². The molecule has 2 rings (SSSR count). The Morgan fingerprint density at radius 1 is 1.15 bits per heavy atom. The van der Waals surface area contributed by atoms with Gasteiger partial charge in [-0.25, -0.2) is 17.5 Å². The van der Waals surface area contributed by atoms with Crippen molar-refractivity contribution in [2.75, 3.05) is 13.2 Å². The molecule has 2 aromatic carbocycles. The van der Waals surface area contributed by atoms with Gasteiger partial charge >= 0.3 is 0 Å². The fourth-order valence-electron chi connectivity index (χ4n) is 2.07. The molecule has 26 heavy (non-hydrogen) atoms. The molecular formula is C18H17FN2O4S. The van der Waals surface area contributed by atoms with Gasteiger partial charge in [0.15, 0.2) is 0 Å². The highest BCUT2D eigenvalue weighted by Crippen LogP contribution is 2.16. The van der Waals surface area contributed by atoms with Gasteiger partial charge in [0, 0.05) is 0 Å². The summed E-state index contributed by atoms with van der Waals surface area (Å²) in [5.41, 5.74) is 5.82. The molecule has 0 bridgehead atoms. The van der Waals surface area contributed by atoms with Crippen LogP contribution in [0.3, 0.4) is 0 Å². The first-order chi connectivity index (χ1) is 12.4. The first-order valence-corrected chi connectivity index (χ1v) is 9.22. The molecule has 8 heteroatoms. The van der Waals surface area contributed by atoms with Gasteiger partial charge < -0.3 is 10.5 Å². The van der Waals surface area contributed by atoms with E-state index in [2.05, 4.69) is 16.6 Å². The highest BCUT2D eigenvalue weighted by Gasteiger charge is 2.10. The van der Waals surface area contributed by atoms with Crippen LogP contribution in [-0.4, -0.2) is 27.5 Å². The Bertz CT molecular complexity index is 949. The fourth-order valence-corrected chi connectivity index (χ4v) is 3.08. The van der Waals surface area contributed by atoms with Crippen LogP contribution in [0.5, 0.6) is 5.75 Å². The molecule has 0 aliphatic heterocycles. The summed E-state index contributed by atoms with van der Waals surface area (Å²) in [4.78, 5) is 11.2. The molecule has 0 spiro atoms. The number of benzene rings is 2. The van der Waals surface area contributed by atoms with E-state index < -0.39 is 21.7 Å². The third-order valence-electron chi connectivity index (χ3n) is 3.20. The number of nitrogens with two attached hydrogens (primary N) is 1. The molecule has 6 nitrogen and oxygen atoms in total. The van der Waals surface area contributed by atoms with E-state index in [0.29, 0.717) is 11.3 Å². The maximum absolute atomic E-state index is 13.1. The molecule has 0 fully saturated rings. The molecular weight excluding hydrogens is 359 g/mol. The largest absolute Gasteiger partial charge is 0.480 e. The van der Waals surface area contributed by atoms with Crippen molar-refractivity contribution in [1.82, 2.24) is 4.72 Å². The van der Waals surface area contributed by atoms with E-state index in [9.17, 15) is 17.6 Å². The predicted molar refractivity (Wildman–Crippen MR) is 95.3 cm³/mol. The van der Waals surface area contributed by atoms with Crippen molar-refractivity contribution in [2.45, 2.75) is 5.75 Å². The zero-order chi connectivity index (χ0) is 19.0. The fraction of sp³-hybridized carbons (Fsp3) is 0.167. The van der Waals surface area contributed by atoms with E-state index in [1.54, 1.807) is 18.2 Å². The van der Waals surface area contributed by atoms with E-state index in [0.717, 1.165) is 6.07 Å². The van der Waals surface area contributed by atoms with Gasteiger partial charge in [-0.15, -0.1) is 0 Å². The number of sulfonamides is 1. The Morgan fingerprint density at radius 3 is 2.65 bits per heavy atom. The Kier molecular flexibility index (Phi) is 6.72. The molecule has 0 saturated heterocycles. The van der Waals surface area contributed by atoms with Crippen LogP contribution in [0.15, 0.2) is 48.5 Å². The highest BCUT2D eigenvalue weighted by molar-refractivity contribution is 7.88. The van der Waals surface area contributed by atoms with E-state index >= 15 is 0 Å². The number of para-hydroxylation sites is 1. The first-order valence-electron chi connectivity index (χ1n) is 7.56. The van der Waals surface area contributed by atoms with Crippen molar-refractivity contribution in [3.8, 4) is 17.6 Å². The normalized spacial score (nSPS) is 10.7. The Hall–Kier alpha value is -2.89. The number of rotatable bonds is 7. The van der Waals surface area contributed by atoms with Gasteiger partial charge in [0.25, 0.3) is 5.91 Å². The van der Waals surface area contributed by atoms with Gasteiger partial charge in [-0.2, -0.15) is 0 Å². The van der Waals surface area contributed by atoms with Gasteiger partial charge in [-0.3, -0.25) is 4.79 Å². The number of ether oxygens (including phenoxy) is 1. The maximum Gasteiger partial charge on any atom is 0.252 e. The summed E-state index contributed by atoms with van der Waals surface area (Å²) in [6, 6.07) is 11.8. The van der Waals surface area contributed by atoms with Gasteiger partial charge in [0.1, 0.15) is 18.2 Å². The van der Waals surface area contributed by atoms with Crippen molar-refractivity contribution < 1.29 is 22.3 Å². The monoisotopic (exact) mass is 376 g/mol. The van der Waals surface area contributed by atoms with E-state index in [-0.39, 0.29) is 24.5 Å². The minimum atomic E-state index is -3.63. The van der Waals surface area contributed by atoms with Gasteiger partial charge in [0.05, 0.1) is 17.9 Å². The van der Waals surface area contributed by atoms with Crippen LogP contribution in [0.2, 0.25) is 0 Å². The summed E-state index contributed by atoms with van der Waals surface area (Å²) in [7, 11) is -3.63. The highest BCUT2D eigenvalue weighted by atomic mass is 32.2. The van der Waals surface area contributed by atoms with Crippen LogP contribution < -0.4 is 15.2 Å². The van der Waals surface area contributed by atoms with E-state index in [4.69, 9.17) is 10.5 Å². The first kappa shape index (κ1) is 19.4. The average Bonchev–Trinajstić information content (AvgIpc) is 2.57. The van der Waals surface area contributed by atoms with E-state index in [1.165, 1.54) is 24.3 Å². The minimum absolute atomic E-state index is 0.0318. The summed E-state index contributed by atoms with van der Waals surface area (Å²) in [5.74, 6) is 4.10. The third kappa shape index (κ3) is 6.20. The maximum atomic E-state index is 13.1. The molecule has 0 radical (unpaired) electrons. The van der Waals surface area contributed by atoms with Crippen LogP contribution in [0.1, 0.15) is 15.9 Å². The zero-order valence-corrected chi connectivity index (χ0v) is 14.6. The lowest BCUT2D eigenvalue weighted by molar-refractivity contribution is 0.0997. The summed E-state index contributed by atoms with van der Waals surface area (Å²) in [6.45, 7) is -0.144. The molecule has 0 saturated carbocycles. The van der Waals surface area contributed by atoms with Crippen LogP contribution in [0.25, 0.3) is 0 Å². The topological polar surface area (TPSA) is 98.5 Å². The lowest BCUT2D eigenvalue weighted by Crippen LogP contribution is -2.25. The standard InChI is InChI=1S/C18H17FN2O4S/c19-15-7-5-6-14(12-15)13-26(23,24)21-10-3-4-11-25-17-9-2-1-8-16(17)18(20)22/h1-2,5-9,12,21H,10-11,13H2,(H2,20,22). The minimum Gasteiger partial charge on any atom is -0.480 e. The summed E-state index contributed by atoms with van der Waals surface area (Å²) < 4.78 is 44.5. The molecule has 0 aliphatic carbocycles. The quantitative estimate of drug-likeness (QED) is 0.714. The Labute approximate surface area is 151 Å². The molecule has 1 amide bonds. The van der Waals surface area contributed by atoms with E-state index in [1.807, 2.05) is 0 Å². The number of hydrogen-bond donors (Lipinski definition) is 2. The van der Waals surface area contributed by atoms with Crippen molar-refractivity contribution in [3.05, 3.63) is 65.5 Å². The number of hydrogen-bond acceptors (Lipinski definition) is 4. The Balaban J connectivity index is 1.82. The molecule has 0 unspecified atom stereocenters. The van der Waals surface area contributed by atoms with Crippen LogP contribution in [-0.2, 0) is 15.8 Å². The number of primary amides is 1. The summed E-state index contributed by atoms with van der Waals surface area (Å²) >= 11 is 0. The third-order valence-corrected chi connectivity index (χ3v) is 4.50. The number of carbonyl (C=O) groups excluding carboxylic acids is 1. The lowest BCUT2D eigenvalue weighted by Gasteiger charge is -2.06. The van der Waals surface area contributed by atoms with Crippen molar-refractivity contribution in [1.29, 1.82) is 0 Å². The smallest absolute Gasteiger partial charge is 0.252 e. The molecule has 0 aliphatic rings. The van der Waals surface area contributed by atoms with Crippen molar-refractivity contribution >= 4 is 15.9 Å². The van der Waals surface area contributed by atoms with Crippen LogP contribution in [0, 0.1) is 17.7 Å². The SMILES string of the molecule is NC(=O)c1ccccc1OCC#CCNS(=O)(=O)Cc1cccc(F)c1. The molecule has 136 valence electrons. The molecule has 2 aromatic rings. The summed E-state index contributed by atoms with van der Waals surface area (Å²) in [6.07, 6.45) is 0. The number of carbonyl (C=O) groups is 1. The van der Waals surface area contributed by atoms with Crippen molar-refractivity contribution in [3.63, 3.8) is 0 Å². The second-order valence-corrected chi connectivity index (χ2v) is 7.02. The predicted octanol–water partition coefficient (Wildman–Crippen LogP) is 1.43. The second kappa shape index (κ2) is 8.99. The molecule has 0 atom stereocenters. The van der Waals surface area contributed by atoms with Gasteiger partial charge in [-0.1, -0.05) is 36.1 Å². The summed E-state index contributed by atoms with van der Waals surface area (Å²) in [5, 5.41) is 0. The number of halogens is 1.